The van der Waals surface area contributed by atoms with Crippen molar-refractivity contribution < 1.29 is 0 Å². The molecule has 0 N–H and O–H groups in total. The van der Waals surface area contributed by atoms with Crippen LogP contribution in [0.4, 0.5) is 0 Å². The molecule has 0 saturated heterocycles. The Bertz CT molecular complexity index is 2370. The Kier molecular flexibility index (Phi) is 5.64. The highest BCUT2D eigenvalue weighted by Gasteiger charge is 2.38. The molecule has 45 heavy (non-hydrogen) atoms. The average molecular weight is 573 g/mol. The Morgan fingerprint density at radius 1 is 0.311 bits per heavy atom. The third-order valence-corrected chi connectivity index (χ3v) is 10.0. The summed E-state index contributed by atoms with van der Waals surface area (Å²) in [6.07, 6.45) is 0. The normalized spacial score (nSPS) is 13.3. The van der Waals surface area contributed by atoms with Gasteiger partial charge in [-0.1, -0.05) is 172 Å². The number of benzene rings is 8. The standard InChI is InChI=1S/C45H32/c1-45(2)43-34(21-12-22-39(43)40-28-27-29-13-6-7-16-33(29)44(40)45)30-23-25-32(26-24-30)42-37-19-10-8-17-35(37)41(31-14-4-3-5-15-31)36-18-9-11-20-38(36)42/h3-28H,1-2H3. The zero-order valence-corrected chi connectivity index (χ0v) is 25.5. The van der Waals surface area contributed by atoms with Crippen LogP contribution in [-0.2, 0) is 5.41 Å². The van der Waals surface area contributed by atoms with E-state index in [1.165, 1.54) is 88.0 Å². The molecule has 212 valence electrons. The van der Waals surface area contributed by atoms with Gasteiger partial charge in [0.05, 0.1) is 0 Å². The zero-order valence-electron chi connectivity index (χ0n) is 25.5. The molecule has 0 saturated carbocycles. The molecule has 1 aliphatic rings. The molecule has 0 fully saturated rings. The molecule has 0 aromatic heterocycles. The van der Waals surface area contributed by atoms with Crippen molar-refractivity contribution in [3.8, 4) is 44.5 Å². The first-order valence-corrected chi connectivity index (χ1v) is 15.9. The third-order valence-electron chi connectivity index (χ3n) is 10.0. The fraction of sp³-hybridized carbons (Fsp3) is 0.0667. The van der Waals surface area contributed by atoms with Crippen LogP contribution in [0.2, 0.25) is 0 Å². The van der Waals surface area contributed by atoms with Crippen LogP contribution in [0.15, 0.2) is 158 Å². The van der Waals surface area contributed by atoms with E-state index in [2.05, 4.69) is 172 Å². The summed E-state index contributed by atoms with van der Waals surface area (Å²) >= 11 is 0. The van der Waals surface area contributed by atoms with Gasteiger partial charge in [0.2, 0.25) is 0 Å². The molecule has 1 aliphatic carbocycles. The van der Waals surface area contributed by atoms with Crippen molar-refractivity contribution in [3.05, 3.63) is 169 Å². The van der Waals surface area contributed by atoms with Crippen molar-refractivity contribution >= 4 is 32.3 Å². The number of hydrogen-bond acceptors (Lipinski definition) is 0. The van der Waals surface area contributed by atoms with Crippen LogP contribution in [0.25, 0.3) is 76.8 Å². The minimum atomic E-state index is -0.111. The quantitative estimate of drug-likeness (QED) is 0.185. The van der Waals surface area contributed by atoms with E-state index in [1.54, 1.807) is 0 Å². The monoisotopic (exact) mass is 572 g/mol. The van der Waals surface area contributed by atoms with Crippen molar-refractivity contribution in [1.29, 1.82) is 0 Å². The van der Waals surface area contributed by atoms with Gasteiger partial charge in [0.15, 0.2) is 0 Å². The highest BCUT2D eigenvalue weighted by Crippen LogP contribution is 2.54. The maximum Gasteiger partial charge on any atom is 0.0171 e. The molecule has 0 unspecified atom stereocenters. The lowest BCUT2D eigenvalue weighted by atomic mass is 9.77. The van der Waals surface area contributed by atoms with Crippen LogP contribution in [0, 0.1) is 0 Å². The molecular formula is C45H32. The molecule has 0 atom stereocenters. The zero-order chi connectivity index (χ0) is 30.1. The summed E-state index contributed by atoms with van der Waals surface area (Å²) < 4.78 is 0. The second-order valence-corrected chi connectivity index (χ2v) is 12.8. The Morgan fingerprint density at radius 2 is 0.778 bits per heavy atom. The molecule has 0 spiro atoms. The summed E-state index contributed by atoms with van der Waals surface area (Å²) in [5.41, 5.74) is 13.1. The molecular weight excluding hydrogens is 540 g/mol. The highest BCUT2D eigenvalue weighted by molar-refractivity contribution is 6.21. The lowest BCUT2D eigenvalue weighted by Crippen LogP contribution is -2.16. The van der Waals surface area contributed by atoms with Gasteiger partial charge < -0.3 is 0 Å². The van der Waals surface area contributed by atoms with Crippen molar-refractivity contribution in [3.63, 3.8) is 0 Å². The maximum atomic E-state index is 2.40. The van der Waals surface area contributed by atoms with Gasteiger partial charge in [-0.05, 0) is 88.0 Å². The van der Waals surface area contributed by atoms with Gasteiger partial charge in [-0.15, -0.1) is 0 Å². The van der Waals surface area contributed by atoms with Crippen molar-refractivity contribution in [2.75, 3.05) is 0 Å². The summed E-state index contributed by atoms with van der Waals surface area (Å²) in [6.45, 7) is 4.79. The summed E-state index contributed by atoms with van der Waals surface area (Å²) in [5.74, 6) is 0. The molecule has 0 bridgehead atoms. The van der Waals surface area contributed by atoms with E-state index < -0.39 is 0 Å². The van der Waals surface area contributed by atoms with Crippen LogP contribution in [0.1, 0.15) is 25.0 Å². The largest absolute Gasteiger partial charge is 0.0622 e. The van der Waals surface area contributed by atoms with Gasteiger partial charge in [0.25, 0.3) is 0 Å². The van der Waals surface area contributed by atoms with Gasteiger partial charge in [0, 0.05) is 5.41 Å². The first kappa shape index (κ1) is 26.0. The Labute approximate surface area is 264 Å². The fourth-order valence-corrected chi connectivity index (χ4v) is 8.16. The maximum absolute atomic E-state index is 2.40. The van der Waals surface area contributed by atoms with Crippen LogP contribution in [0.3, 0.4) is 0 Å². The van der Waals surface area contributed by atoms with Gasteiger partial charge in [-0.3, -0.25) is 0 Å². The third kappa shape index (κ3) is 3.79. The predicted molar refractivity (Wildman–Crippen MR) is 193 cm³/mol. The molecule has 0 heteroatoms. The number of rotatable bonds is 3. The summed E-state index contributed by atoms with van der Waals surface area (Å²) in [6, 6.07) is 58.2. The lowest BCUT2D eigenvalue weighted by molar-refractivity contribution is 0.668. The van der Waals surface area contributed by atoms with Crippen molar-refractivity contribution in [1.82, 2.24) is 0 Å². The molecule has 0 nitrogen and oxygen atoms in total. The average Bonchev–Trinajstić information content (AvgIpc) is 3.34. The summed E-state index contributed by atoms with van der Waals surface area (Å²) in [4.78, 5) is 0. The van der Waals surface area contributed by atoms with E-state index >= 15 is 0 Å². The van der Waals surface area contributed by atoms with E-state index in [9.17, 15) is 0 Å². The van der Waals surface area contributed by atoms with E-state index in [-0.39, 0.29) is 5.41 Å². The smallest absolute Gasteiger partial charge is 0.0171 e. The van der Waals surface area contributed by atoms with Crippen LogP contribution in [0.5, 0.6) is 0 Å². The second-order valence-electron chi connectivity index (χ2n) is 12.8. The van der Waals surface area contributed by atoms with Crippen molar-refractivity contribution in [2.24, 2.45) is 0 Å². The van der Waals surface area contributed by atoms with E-state index in [1.807, 2.05) is 0 Å². The van der Waals surface area contributed by atoms with Gasteiger partial charge in [0.1, 0.15) is 0 Å². The van der Waals surface area contributed by atoms with E-state index in [0.29, 0.717) is 0 Å². The Morgan fingerprint density at radius 3 is 1.40 bits per heavy atom. The predicted octanol–water partition coefficient (Wildman–Crippen LogP) is 12.5. The molecule has 0 radical (unpaired) electrons. The fourth-order valence-electron chi connectivity index (χ4n) is 8.16. The molecule has 8 aromatic rings. The van der Waals surface area contributed by atoms with Crippen LogP contribution >= 0.6 is 0 Å². The Balaban J connectivity index is 1.22. The molecule has 9 rings (SSSR count). The second kappa shape index (κ2) is 9.78. The first-order valence-electron chi connectivity index (χ1n) is 15.9. The first-order chi connectivity index (χ1) is 22.1. The number of hydrogen-bond donors (Lipinski definition) is 0. The van der Waals surface area contributed by atoms with E-state index in [4.69, 9.17) is 0 Å². The molecule has 8 aromatic carbocycles. The van der Waals surface area contributed by atoms with Crippen LogP contribution in [-0.4, -0.2) is 0 Å². The summed E-state index contributed by atoms with van der Waals surface area (Å²) in [7, 11) is 0. The summed E-state index contributed by atoms with van der Waals surface area (Å²) in [5, 5.41) is 7.80. The van der Waals surface area contributed by atoms with E-state index in [0.717, 1.165) is 0 Å². The van der Waals surface area contributed by atoms with Gasteiger partial charge in [-0.2, -0.15) is 0 Å². The SMILES string of the molecule is CC1(C)c2c(-c3ccc(-c4c5ccccc5c(-c5ccccc5)c5ccccc45)cc3)cccc2-c2ccc3ccccc3c21. The van der Waals surface area contributed by atoms with Crippen molar-refractivity contribution in [2.45, 2.75) is 19.3 Å². The molecule has 0 aliphatic heterocycles. The number of fused-ring (bicyclic) bond motifs is 7. The lowest BCUT2D eigenvalue weighted by Gasteiger charge is -2.26. The Hall–Kier alpha value is -5.46. The van der Waals surface area contributed by atoms with Crippen LogP contribution < -0.4 is 0 Å². The highest BCUT2D eigenvalue weighted by atomic mass is 14.4. The molecule has 0 amide bonds. The topological polar surface area (TPSA) is 0 Å². The molecule has 0 heterocycles. The van der Waals surface area contributed by atoms with Gasteiger partial charge >= 0.3 is 0 Å². The van der Waals surface area contributed by atoms with Gasteiger partial charge in [-0.25, -0.2) is 0 Å². The minimum Gasteiger partial charge on any atom is -0.0622 e. The minimum absolute atomic E-state index is 0.111.